The van der Waals surface area contributed by atoms with Crippen LogP contribution < -0.4 is 10.6 Å². The molecule has 164 valence electrons. The van der Waals surface area contributed by atoms with E-state index in [2.05, 4.69) is 30.7 Å². The quantitative estimate of drug-likeness (QED) is 0.467. The van der Waals surface area contributed by atoms with Gasteiger partial charge in [0.25, 0.3) is 0 Å². The van der Waals surface area contributed by atoms with Crippen molar-refractivity contribution in [2.24, 2.45) is 4.99 Å². The van der Waals surface area contributed by atoms with Crippen molar-refractivity contribution in [2.45, 2.75) is 31.8 Å². The molecule has 1 saturated heterocycles. The molecule has 0 radical (unpaired) electrons. The first kappa shape index (κ1) is 21.2. The number of nitrogens with one attached hydrogen (secondary N) is 2. The number of halogens is 2. The largest absolute Gasteiger partial charge is 0.356 e. The Morgan fingerprint density at radius 3 is 2.74 bits per heavy atom. The van der Waals surface area contributed by atoms with E-state index in [-0.39, 0.29) is 0 Å². The van der Waals surface area contributed by atoms with Crippen LogP contribution in [0.15, 0.2) is 47.6 Å². The summed E-state index contributed by atoms with van der Waals surface area (Å²) in [6.07, 6.45) is 4.61. The zero-order valence-corrected chi connectivity index (χ0v) is 17.6. The fourth-order valence-electron chi connectivity index (χ4n) is 3.87. The molecule has 0 spiro atoms. The molecule has 4 rings (SSSR count). The van der Waals surface area contributed by atoms with Gasteiger partial charge in [0, 0.05) is 51.9 Å². The summed E-state index contributed by atoms with van der Waals surface area (Å²) in [7, 11) is 1.76. The van der Waals surface area contributed by atoms with Crippen molar-refractivity contribution in [3.05, 3.63) is 65.6 Å². The fourth-order valence-corrected chi connectivity index (χ4v) is 3.87. The minimum absolute atomic E-state index is 0.321. The second-order valence-electron chi connectivity index (χ2n) is 7.74. The number of rotatable bonds is 6. The predicted molar refractivity (Wildman–Crippen MR) is 116 cm³/mol. The number of piperidine rings is 1. The SMILES string of the molecule is CN=C(NCCc1nnc2ccccn12)NC1CCN(Cc2ccc(F)c(F)c2)CC1. The molecule has 0 bridgehead atoms. The molecule has 0 atom stereocenters. The molecule has 1 fully saturated rings. The number of hydrogen-bond donors (Lipinski definition) is 2. The van der Waals surface area contributed by atoms with Gasteiger partial charge in [0.1, 0.15) is 5.82 Å². The summed E-state index contributed by atoms with van der Waals surface area (Å²) in [6.45, 7) is 3.10. The van der Waals surface area contributed by atoms with Gasteiger partial charge < -0.3 is 10.6 Å². The standard InChI is InChI=1S/C22H27F2N7/c1-25-22(26-10-7-21-29-28-20-4-2-3-11-31(20)21)27-17-8-12-30(13-9-17)15-16-5-6-18(23)19(24)14-16/h2-6,11,14,17H,7-10,12-13,15H2,1H3,(H2,25,26,27). The van der Waals surface area contributed by atoms with E-state index in [1.54, 1.807) is 13.1 Å². The summed E-state index contributed by atoms with van der Waals surface area (Å²) >= 11 is 0. The highest BCUT2D eigenvalue weighted by molar-refractivity contribution is 5.79. The fraction of sp³-hybridized carbons (Fsp3) is 0.409. The maximum atomic E-state index is 13.4. The molecule has 1 aliphatic rings. The third-order valence-electron chi connectivity index (χ3n) is 5.57. The van der Waals surface area contributed by atoms with E-state index in [1.807, 2.05) is 28.8 Å². The van der Waals surface area contributed by atoms with E-state index in [0.29, 0.717) is 19.1 Å². The van der Waals surface area contributed by atoms with Gasteiger partial charge in [0.2, 0.25) is 0 Å². The van der Waals surface area contributed by atoms with E-state index >= 15 is 0 Å². The van der Waals surface area contributed by atoms with Crippen molar-refractivity contribution in [1.82, 2.24) is 30.1 Å². The predicted octanol–water partition coefficient (Wildman–Crippen LogP) is 2.38. The minimum Gasteiger partial charge on any atom is -0.356 e. The normalized spacial score (nSPS) is 16.0. The molecule has 3 heterocycles. The number of guanidine groups is 1. The highest BCUT2D eigenvalue weighted by Crippen LogP contribution is 2.16. The number of benzene rings is 1. The molecule has 0 saturated carbocycles. The van der Waals surface area contributed by atoms with Crippen LogP contribution in [-0.4, -0.2) is 58.2 Å². The molecule has 3 aromatic rings. The Balaban J connectivity index is 1.21. The molecule has 0 aliphatic carbocycles. The molecule has 2 aromatic heterocycles. The number of aromatic nitrogens is 3. The van der Waals surface area contributed by atoms with Gasteiger partial charge in [0.15, 0.2) is 23.2 Å². The van der Waals surface area contributed by atoms with Crippen LogP contribution in [0.1, 0.15) is 24.2 Å². The number of hydrogen-bond acceptors (Lipinski definition) is 4. The third-order valence-corrected chi connectivity index (χ3v) is 5.57. The molecular formula is C22H27F2N7. The number of pyridine rings is 1. The molecular weight excluding hydrogens is 400 g/mol. The summed E-state index contributed by atoms with van der Waals surface area (Å²) in [4.78, 5) is 6.59. The van der Waals surface area contributed by atoms with Crippen LogP contribution in [0.3, 0.4) is 0 Å². The van der Waals surface area contributed by atoms with Gasteiger partial charge in [-0.2, -0.15) is 0 Å². The van der Waals surface area contributed by atoms with Crippen LogP contribution in [0.5, 0.6) is 0 Å². The Morgan fingerprint density at radius 1 is 1.13 bits per heavy atom. The van der Waals surface area contributed by atoms with Crippen LogP contribution in [0.4, 0.5) is 8.78 Å². The summed E-state index contributed by atoms with van der Waals surface area (Å²) < 4.78 is 28.5. The van der Waals surface area contributed by atoms with Crippen LogP contribution >= 0.6 is 0 Å². The molecule has 1 aliphatic heterocycles. The molecule has 1 aromatic carbocycles. The van der Waals surface area contributed by atoms with Crippen molar-refractivity contribution >= 4 is 11.6 Å². The highest BCUT2D eigenvalue weighted by Gasteiger charge is 2.20. The van der Waals surface area contributed by atoms with Crippen molar-refractivity contribution in [3.8, 4) is 0 Å². The number of aliphatic imine (C=N–C) groups is 1. The number of fused-ring (bicyclic) bond motifs is 1. The first-order chi connectivity index (χ1) is 15.1. The molecule has 7 nitrogen and oxygen atoms in total. The van der Waals surface area contributed by atoms with E-state index in [1.165, 1.54) is 12.1 Å². The van der Waals surface area contributed by atoms with Crippen LogP contribution in [-0.2, 0) is 13.0 Å². The monoisotopic (exact) mass is 427 g/mol. The van der Waals surface area contributed by atoms with E-state index in [4.69, 9.17) is 0 Å². The lowest BCUT2D eigenvalue weighted by Crippen LogP contribution is -2.48. The van der Waals surface area contributed by atoms with Crippen molar-refractivity contribution in [1.29, 1.82) is 0 Å². The highest BCUT2D eigenvalue weighted by atomic mass is 19.2. The zero-order chi connectivity index (χ0) is 21.6. The topological polar surface area (TPSA) is 69.8 Å². The van der Waals surface area contributed by atoms with Crippen molar-refractivity contribution in [3.63, 3.8) is 0 Å². The van der Waals surface area contributed by atoms with Gasteiger partial charge in [0.05, 0.1) is 0 Å². The maximum Gasteiger partial charge on any atom is 0.191 e. The molecule has 9 heteroatoms. The Hall–Kier alpha value is -3.07. The minimum atomic E-state index is -0.803. The molecule has 31 heavy (non-hydrogen) atoms. The van der Waals surface area contributed by atoms with E-state index in [0.717, 1.165) is 55.3 Å². The van der Waals surface area contributed by atoms with Crippen LogP contribution in [0.25, 0.3) is 5.65 Å². The number of nitrogens with zero attached hydrogens (tertiary/aromatic N) is 5. The molecule has 0 unspecified atom stereocenters. The van der Waals surface area contributed by atoms with Crippen LogP contribution in [0.2, 0.25) is 0 Å². The lowest BCUT2D eigenvalue weighted by molar-refractivity contribution is 0.198. The Bertz CT molecular complexity index is 1040. The average Bonchev–Trinajstić information content (AvgIpc) is 3.20. The smallest absolute Gasteiger partial charge is 0.191 e. The first-order valence-corrected chi connectivity index (χ1v) is 10.5. The third kappa shape index (κ3) is 5.35. The van der Waals surface area contributed by atoms with Crippen LogP contribution in [0, 0.1) is 11.6 Å². The Morgan fingerprint density at radius 2 is 1.97 bits per heavy atom. The zero-order valence-electron chi connectivity index (χ0n) is 17.6. The lowest BCUT2D eigenvalue weighted by Gasteiger charge is -2.33. The van der Waals surface area contributed by atoms with Crippen molar-refractivity contribution < 1.29 is 8.78 Å². The second-order valence-corrected chi connectivity index (χ2v) is 7.74. The first-order valence-electron chi connectivity index (χ1n) is 10.5. The number of likely N-dealkylation sites (tertiary alicyclic amines) is 1. The molecule has 2 N–H and O–H groups in total. The van der Waals surface area contributed by atoms with E-state index < -0.39 is 11.6 Å². The van der Waals surface area contributed by atoms with Crippen molar-refractivity contribution in [2.75, 3.05) is 26.7 Å². The van der Waals surface area contributed by atoms with Gasteiger partial charge in [-0.25, -0.2) is 8.78 Å². The maximum absolute atomic E-state index is 13.4. The summed E-state index contributed by atoms with van der Waals surface area (Å²) in [5.74, 6) is 0.0859. The second kappa shape index (κ2) is 9.82. The summed E-state index contributed by atoms with van der Waals surface area (Å²) in [5, 5.41) is 15.3. The van der Waals surface area contributed by atoms with Gasteiger partial charge in [-0.1, -0.05) is 12.1 Å². The summed E-state index contributed by atoms with van der Waals surface area (Å²) in [6, 6.07) is 10.3. The van der Waals surface area contributed by atoms with Gasteiger partial charge >= 0.3 is 0 Å². The molecule has 0 amide bonds. The lowest BCUT2D eigenvalue weighted by atomic mass is 10.0. The Kier molecular flexibility index (Phi) is 6.71. The van der Waals surface area contributed by atoms with Gasteiger partial charge in [-0.15, -0.1) is 10.2 Å². The Labute approximate surface area is 180 Å². The summed E-state index contributed by atoms with van der Waals surface area (Å²) in [5.41, 5.74) is 1.64. The van der Waals surface area contributed by atoms with Gasteiger partial charge in [-0.3, -0.25) is 14.3 Å². The van der Waals surface area contributed by atoms with Gasteiger partial charge in [-0.05, 0) is 42.7 Å². The average molecular weight is 428 g/mol. The van der Waals surface area contributed by atoms with E-state index in [9.17, 15) is 8.78 Å².